The SMILES string of the molecule is C/C=C\CCCCCCCCCCCOCOC. The Bertz CT molecular complexity index is 166. The number of methoxy groups -OCH3 is 1. The van der Waals surface area contributed by atoms with E-state index in [1.165, 1.54) is 64.2 Å². The van der Waals surface area contributed by atoms with Crippen molar-refractivity contribution in [2.75, 3.05) is 20.5 Å². The lowest BCUT2D eigenvalue weighted by molar-refractivity contribution is -0.0315. The summed E-state index contributed by atoms with van der Waals surface area (Å²) in [7, 11) is 1.67. The Balaban J connectivity index is 2.90. The molecule has 0 aromatic heterocycles. The number of ether oxygens (including phenoxy) is 2. The molecule has 0 rings (SSSR count). The molecule has 0 aliphatic heterocycles. The Morgan fingerprint density at radius 3 is 1.89 bits per heavy atom. The molecule has 0 saturated carbocycles. The minimum absolute atomic E-state index is 0.438. The van der Waals surface area contributed by atoms with E-state index >= 15 is 0 Å². The van der Waals surface area contributed by atoms with Gasteiger partial charge in [-0.05, 0) is 26.2 Å². The van der Waals surface area contributed by atoms with Crippen LogP contribution >= 0.6 is 0 Å². The van der Waals surface area contributed by atoms with E-state index in [1.807, 2.05) is 0 Å². The fourth-order valence-electron chi connectivity index (χ4n) is 2.01. The highest BCUT2D eigenvalue weighted by atomic mass is 16.7. The van der Waals surface area contributed by atoms with Crippen molar-refractivity contribution in [1.82, 2.24) is 0 Å². The minimum atomic E-state index is 0.438. The smallest absolute Gasteiger partial charge is 0.146 e. The molecular weight excluding hydrogens is 224 g/mol. The molecule has 0 heterocycles. The first-order valence-electron chi connectivity index (χ1n) is 7.59. The van der Waals surface area contributed by atoms with E-state index in [0.29, 0.717) is 6.79 Å². The van der Waals surface area contributed by atoms with Crippen LogP contribution in [0.25, 0.3) is 0 Å². The summed E-state index contributed by atoms with van der Waals surface area (Å²) >= 11 is 0. The van der Waals surface area contributed by atoms with Crippen LogP contribution < -0.4 is 0 Å². The van der Waals surface area contributed by atoms with E-state index in [9.17, 15) is 0 Å². The van der Waals surface area contributed by atoms with E-state index in [1.54, 1.807) is 7.11 Å². The summed E-state index contributed by atoms with van der Waals surface area (Å²) in [6.45, 7) is 3.38. The zero-order chi connectivity index (χ0) is 13.3. The van der Waals surface area contributed by atoms with Gasteiger partial charge in [0, 0.05) is 13.7 Å². The molecule has 2 nitrogen and oxygen atoms in total. The van der Waals surface area contributed by atoms with Gasteiger partial charge < -0.3 is 9.47 Å². The minimum Gasteiger partial charge on any atom is -0.359 e. The van der Waals surface area contributed by atoms with Gasteiger partial charge in [0.1, 0.15) is 6.79 Å². The Morgan fingerprint density at radius 2 is 1.33 bits per heavy atom. The number of unbranched alkanes of at least 4 members (excludes halogenated alkanes) is 9. The molecule has 0 radical (unpaired) electrons. The largest absolute Gasteiger partial charge is 0.359 e. The maximum Gasteiger partial charge on any atom is 0.146 e. The van der Waals surface area contributed by atoms with Gasteiger partial charge >= 0.3 is 0 Å². The first-order chi connectivity index (χ1) is 8.91. The molecule has 0 N–H and O–H groups in total. The summed E-state index contributed by atoms with van der Waals surface area (Å²) in [5, 5.41) is 0. The zero-order valence-corrected chi connectivity index (χ0v) is 12.5. The molecule has 108 valence electrons. The van der Waals surface area contributed by atoms with Crippen LogP contribution in [0.1, 0.15) is 71.1 Å². The molecular formula is C16H32O2. The summed E-state index contributed by atoms with van der Waals surface area (Å²) in [4.78, 5) is 0. The monoisotopic (exact) mass is 256 g/mol. The number of rotatable bonds is 14. The van der Waals surface area contributed by atoms with E-state index < -0.39 is 0 Å². The van der Waals surface area contributed by atoms with E-state index in [0.717, 1.165) is 6.61 Å². The molecule has 0 unspecified atom stereocenters. The number of allylic oxidation sites excluding steroid dienone is 2. The van der Waals surface area contributed by atoms with Crippen molar-refractivity contribution in [3.8, 4) is 0 Å². The summed E-state index contributed by atoms with van der Waals surface area (Å²) in [5.74, 6) is 0. The quantitative estimate of drug-likeness (QED) is 0.245. The van der Waals surface area contributed by atoms with Crippen molar-refractivity contribution in [3.63, 3.8) is 0 Å². The second kappa shape index (κ2) is 16.7. The van der Waals surface area contributed by atoms with Crippen LogP contribution in [0, 0.1) is 0 Å². The highest BCUT2D eigenvalue weighted by Crippen LogP contribution is 2.10. The Morgan fingerprint density at radius 1 is 0.778 bits per heavy atom. The summed E-state index contributed by atoms with van der Waals surface area (Å²) in [6, 6.07) is 0. The van der Waals surface area contributed by atoms with Crippen LogP contribution in [-0.4, -0.2) is 20.5 Å². The predicted octanol–water partition coefficient (Wildman–Crippen LogP) is 5.08. The lowest BCUT2D eigenvalue weighted by atomic mass is 10.1. The summed E-state index contributed by atoms with van der Waals surface area (Å²) < 4.78 is 10.1. The normalized spacial score (nSPS) is 11.4. The molecule has 0 aromatic carbocycles. The van der Waals surface area contributed by atoms with Crippen LogP contribution in [0.3, 0.4) is 0 Å². The van der Waals surface area contributed by atoms with Gasteiger partial charge in [0.05, 0.1) is 0 Å². The highest BCUT2D eigenvalue weighted by molar-refractivity contribution is 4.76. The third-order valence-corrected chi connectivity index (χ3v) is 3.10. The molecule has 0 aliphatic carbocycles. The maximum atomic E-state index is 5.25. The maximum absolute atomic E-state index is 5.25. The average molecular weight is 256 g/mol. The molecule has 0 bridgehead atoms. The summed E-state index contributed by atoms with van der Waals surface area (Å²) in [5.41, 5.74) is 0. The van der Waals surface area contributed by atoms with Crippen LogP contribution in [0.15, 0.2) is 12.2 Å². The number of hydrogen-bond acceptors (Lipinski definition) is 2. The van der Waals surface area contributed by atoms with Crippen molar-refractivity contribution in [2.24, 2.45) is 0 Å². The average Bonchev–Trinajstić information content (AvgIpc) is 2.39. The second-order valence-electron chi connectivity index (χ2n) is 4.85. The van der Waals surface area contributed by atoms with Gasteiger partial charge in [-0.1, -0.05) is 57.1 Å². The predicted molar refractivity (Wildman–Crippen MR) is 78.8 cm³/mol. The van der Waals surface area contributed by atoms with Gasteiger partial charge in [0.25, 0.3) is 0 Å². The van der Waals surface area contributed by atoms with Crippen LogP contribution in [0.4, 0.5) is 0 Å². The summed E-state index contributed by atoms with van der Waals surface area (Å²) in [6.07, 6.45) is 17.9. The molecule has 0 amide bonds. The fraction of sp³-hybridized carbons (Fsp3) is 0.875. The standard InChI is InChI=1S/C16H32O2/c1-3-4-5-6-7-8-9-10-11-12-13-14-15-18-16-17-2/h3-4H,5-16H2,1-2H3/b4-3-. The number of hydrogen-bond donors (Lipinski definition) is 0. The molecule has 0 fully saturated rings. The lowest BCUT2D eigenvalue weighted by Crippen LogP contribution is -1.98. The Hall–Kier alpha value is -0.340. The van der Waals surface area contributed by atoms with Crippen LogP contribution in [0.5, 0.6) is 0 Å². The van der Waals surface area contributed by atoms with Crippen LogP contribution in [0.2, 0.25) is 0 Å². The molecule has 0 spiro atoms. The highest BCUT2D eigenvalue weighted by Gasteiger charge is 1.93. The third-order valence-electron chi connectivity index (χ3n) is 3.10. The molecule has 0 aliphatic rings. The lowest BCUT2D eigenvalue weighted by Gasteiger charge is -2.03. The van der Waals surface area contributed by atoms with Crippen molar-refractivity contribution < 1.29 is 9.47 Å². The zero-order valence-electron chi connectivity index (χ0n) is 12.5. The Labute approximate surface area is 114 Å². The molecule has 0 atom stereocenters. The van der Waals surface area contributed by atoms with Crippen molar-refractivity contribution in [1.29, 1.82) is 0 Å². The van der Waals surface area contributed by atoms with E-state index in [4.69, 9.17) is 9.47 Å². The van der Waals surface area contributed by atoms with E-state index in [-0.39, 0.29) is 0 Å². The fourth-order valence-corrected chi connectivity index (χ4v) is 2.01. The molecule has 2 heteroatoms. The van der Waals surface area contributed by atoms with Gasteiger partial charge in [-0.3, -0.25) is 0 Å². The Kier molecular flexibility index (Phi) is 16.3. The van der Waals surface area contributed by atoms with Crippen molar-refractivity contribution in [2.45, 2.75) is 71.1 Å². The van der Waals surface area contributed by atoms with Gasteiger partial charge in [0.2, 0.25) is 0 Å². The van der Waals surface area contributed by atoms with E-state index in [2.05, 4.69) is 19.1 Å². The first kappa shape index (κ1) is 17.7. The van der Waals surface area contributed by atoms with Crippen molar-refractivity contribution >= 4 is 0 Å². The second-order valence-corrected chi connectivity index (χ2v) is 4.85. The van der Waals surface area contributed by atoms with Gasteiger partial charge in [-0.15, -0.1) is 0 Å². The van der Waals surface area contributed by atoms with Gasteiger partial charge in [-0.2, -0.15) is 0 Å². The topological polar surface area (TPSA) is 18.5 Å². The van der Waals surface area contributed by atoms with Crippen LogP contribution in [-0.2, 0) is 9.47 Å². The molecule has 0 aromatic rings. The third kappa shape index (κ3) is 15.7. The van der Waals surface area contributed by atoms with Crippen molar-refractivity contribution in [3.05, 3.63) is 12.2 Å². The van der Waals surface area contributed by atoms with Gasteiger partial charge in [0.15, 0.2) is 0 Å². The first-order valence-corrected chi connectivity index (χ1v) is 7.59. The molecule has 18 heavy (non-hydrogen) atoms. The van der Waals surface area contributed by atoms with Gasteiger partial charge in [-0.25, -0.2) is 0 Å². The molecule has 0 saturated heterocycles.